The molecular weight excluding hydrogens is 273 g/mol. The summed E-state index contributed by atoms with van der Waals surface area (Å²) in [4.78, 5) is 4.03. The summed E-state index contributed by atoms with van der Waals surface area (Å²) >= 11 is 0. The Bertz CT molecular complexity index is 516. The zero-order valence-electron chi connectivity index (χ0n) is 11.8. The molecule has 0 atom stereocenters. The zero-order chi connectivity index (χ0) is 13.4. The summed E-state index contributed by atoms with van der Waals surface area (Å²) in [5.74, 6) is 0. The van der Waals surface area contributed by atoms with E-state index in [4.69, 9.17) is 0 Å². The monoisotopic (exact) mass is 292 g/mol. The molecule has 0 radical (unpaired) electrons. The number of pyridine rings is 1. The summed E-state index contributed by atoms with van der Waals surface area (Å²) in [6.07, 6.45) is 1.51. The first-order valence-corrected chi connectivity index (χ1v) is 6.99. The van der Waals surface area contributed by atoms with Crippen LogP contribution in [-0.4, -0.2) is 18.7 Å². The maximum absolute atomic E-state index is 12.2. The first kappa shape index (κ1) is 18.7. The van der Waals surface area contributed by atoms with Crippen LogP contribution in [0.1, 0.15) is 31.9 Å². The van der Waals surface area contributed by atoms with Crippen molar-refractivity contribution < 1.29 is 59.8 Å². The van der Waals surface area contributed by atoms with Gasteiger partial charge in [0.25, 0.3) is 0 Å². The van der Waals surface area contributed by atoms with E-state index >= 15 is 0 Å². The van der Waals surface area contributed by atoms with Crippen molar-refractivity contribution in [3.05, 3.63) is 37.2 Å². The fourth-order valence-electron chi connectivity index (χ4n) is 1.82. The fourth-order valence-corrected chi connectivity index (χ4v) is 3.09. The Hall–Kier alpha value is 0.736. The van der Waals surface area contributed by atoms with Gasteiger partial charge in [-0.3, -0.25) is 0 Å². The van der Waals surface area contributed by atoms with Crippen molar-refractivity contribution in [2.24, 2.45) is 0 Å². The second-order valence-electron chi connectivity index (χ2n) is 5.23. The molecule has 1 heterocycles. The van der Waals surface area contributed by atoms with Gasteiger partial charge < -0.3 is 13.8 Å². The van der Waals surface area contributed by atoms with E-state index in [1.807, 2.05) is 33.8 Å². The summed E-state index contributed by atoms with van der Waals surface area (Å²) in [6, 6.07) is 1.82. The van der Waals surface area contributed by atoms with Gasteiger partial charge in [-0.2, -0.15) is 5.25 Å². The van der Waals surface area contributed by atoms with E-state index in [9.17, 15) is 8.42 Å². The third kappa shape index (κ3) is 3.87. The van der Waals surface area contributed by atoms with E-state index < -0.39 is 15.1 Å². The number of hydrogen-bond acceptors (Lipinski definition) is 3. The molecule has 0 fully saturated rings. The van der Waals surface area contributed by atoms with Crippen molar-refractivity contribution in [1.82, 2.24) is 4.98 Å². The first-order chi connectivity index (χ1) is 7.58. The van der Waals surface area contributed by atoms with Crippen molar-refractivity contribution in [1.29, 1.82) is 0 Å². The normalized spacial score (nSPS) is 12.4. The Morgan fingerprint density at radius 1 is 1.28 bits per heavy atom. The standard InChI is InChI=1S/C13H19NO2S.K/c1-9(2)17(15,16)12-11(13(4,5)6)10(3)7-8-14-12;/h7-9H,1-2H2,3-6H3;/q-2;+1. The largest absolute Gasteiger partial charge is 1.00 e. The Labute approximate surface area is 153 Å². The molecule has 0 aliphatic rings. The Balaban J connectivity index is 0.00000289. The summed E-state index contributed by atoms with van der Waals surface area (Å²) in [6.45, 7) is 14.8. The zero-order valence-corrected chi connectivity index (χ0v) is 15.8. The van der Waals surface area contributed by atoms with Crippen molar-refractivity contribution in [2.75, 3.05) is 0 Å². The van der Waals surface area contributed by atoms with Gasteiger partial charge in [0.2, 0.25) is 0 Å². The molecule has 0 aliphatic heterocycles. The average molecular weight is 292 g/mol. The van der Waals surface area contributed by atoms with Gasteiger partial charge in [0.1, 0.15) is 9.84 Å². The van der Waals surface area contributed by atoms with Gasteiger partial charge in [-0.1, -0.05) is 20.8 Å². The minimum Gasteiger partial charge on any atom is -0.355 e. The first-order valence-electron chi connectivity index (χ1n) is 5.44. The van der Waals surface area contributed by atoms with Crippen molar-refractivity contribution in [2.45, 2.75) is 43.4 Å². The molecule has 0 saturated heterocycles. The Morgan fingerprint density at radius 3 is 2.17 bits per heavy atom. The fraction of sp³-hybridized carbons (Fsp3) is 0.462. The number of nitrogens with zero attached hydrogens (tertiary/aromatic N) is 1. The summed E-state index contributed by atoms with van der Waals surface area (Å²) < 4.78 is 24.3. The molecule has 0 aromatic carbocycles. The Morgan fingerprint density at radius 2 is 1.78 bits per heavy atom. The van der Waals surface area contributed by atoms with E-state index in [2.05, 4.69) is 18.8 Å². The van der Waals surface area contributed by atoms with Crippen LogP contribution in [0, 0.1) is 20.8 Å². The molecule has 3 nitrogen and oxygen atoms in total. The van der Waals surface area contributed by atoms with Gasteiger partial charge in [-0.05, 0) is 29.5 Å². The molecule has 0 N–H and O–H groups in total. The second kappa shape index (κ2) is 6.46. The van der Waals surface area contributed by atoms with Crippen LogP contribution in [0.3, 0.4) is 0 Å². The van der Waals surface area contributed by atoms with Crippen LogP contribution in [-0.2, 0) is 15.3 Å². The molecule has 1 aromatic rings. The second-order valence-corrected chi connectivity index (χ2v) is 7.37. The topological polar surface area (TPSA) is 47.0 Å². The van der Waals surface area contributed by atoms with Crippen LogP contribution in [0.5, 0.6) is 0 Å². The van der Waals surface area contributed by atoms with Gasteiger partial charge in [-0.15, -0.1) is 0 Å². The molecule has 0 spiro atoms. The van der Waals surface area contributed by atoms with E-state index in [1.54, 1.807) is 0 Å². The minimum absolute atomic E-state index is 0. The predicted octanol–water partition coefficient (Wildman–Crippen LogP) is -0.498. The number of aryl methyl sites for hydroxylation is 1. The van der Waals surface area contributed by atoms with E-state index in [0.717, 1.165) is 11.1 Å². The molecule has 0 amide bonds. The minimum atomic E-state index is -3.55. The van der Waals surface area contributed by atoms with E-state index in [-0.39, 0.29) is 61.8 Å². The van der Waals surface area contributed by atoms with Gasteiger partial charge in [-0.25, -0.2) is 13.4 Å². The summed E-state index contributed by atoms with van der Waals surface area (Å²) in [7, 11) is -3.55. The maximum atomic E-state index is 12.2. The number of rotatable bonds is 2. The van der Waals surface area contributed by atoms with Crippen LogP contribution in [0.15, 0.2) is 17.3 Å². The average Bonchev–Trinajstić information content (AvgIpc) is 2.14. The number of hydrogen-bond donors (Lipinski definition) is 0. The predicted molar refractivity (Wildman–Crippen MR) is 69.4 cm³/mol. The smallest absolute Gasteiger partial charge is 0.355 e. The molecule has 0 aliphatic carbocycles. The molecule has 1 aromatic heterocycles. The number of aromatic nitrogens is 1. The molecule has 18 heavy (non-hydrogen) atoms. The van der Waals surface area contributed by atoms with Gasteiger partial charge in [0, 0.05) is 6.20 Å². The van der Waals surface area contributed by atoms with Gasteiger partial charge >= 0.3 is 51.4 Å². The molecule has 1 rings (SSSR count). The quantitative estimate of drug-likeness (QED) is 0.545. The molecule has 0 bridgehead atoms. The van der Waals surface area contributed by atoms with Crippen LogP contribution in [0.4, 0.5) is 0 Å². The summed E-state index contributed by atoms with van der Waals surface area (Å²) in [5.41, 5.74) is 1.39. The van der Waals surface area contributed by atoms with Crippen LogP contribution < -0.4 is 51.4 Å². The molecule has 5 heteroatoms. The summed E-state index contributed by atoms with van der Waals surface area (Å²) in [5, 5.41) is -0.835. The molecule has 0 unspecified atom stereocenters. The van der Waals surface area contributed by atoms with Gasteiger partial charge in [0.15, 0.2) is 5.03 Å². The maximum Gasteiger partial charge on any atom is 1.00 e. The van der Waals surface area contributed by atoms with E-state index in [1.165, 1.54) is 6.20 Å². The van der Waals surface area contributed by atoms with Crippen LogP contribution >= 0.6 is 0 Å². The third-order valence-electron chi connectivity index (χ3n) is 2.58. The van der Waals surface area contributed by atoms with Crippen LogP contribution in [0.25, 0.3) is 0 Å². The molecule has 96 valence electrons. The third-order valence-corrected chi connectivity index (χ3v) is 4.31. The van der Waals surface area contributed by atoms with Gasteiger partial charge in [0.05, 0.1) is 0 Å². The van der Waals surface area contributed by atoms with Crippen molar-refractivity contribution >= 4 is 9.84 Å². The molecular formula is C13H19KNO2S-. The Kier molecular flexibility index (Phi) is 6.72. The number of sulfone groups is 1. The SMILES string of the molecule is [CH2-]C([CH2-])S(=O)(=O)c1nccc(C)c1C(C)(C)C.[K+]. The van der Waals surface area contributed by atoms with Crippen molar-refractivity contribution in [3.8, 4) is 0 Å². The van der Waals surface area contributed by atoms with E-state index in [0.29, 0.717) is 0 Å². The van der Waals surface area contributed by atoms with Crippen molar-refractivity contribution in [3.63, 3.8) is 0 Å². The van der Waals surface area contributed by atoms with Crippen LogP contribution in [0.2, 0.25) is 0 Å². The molecule has 0 saturated carbocycles.